The topological polar surface area (TPSA) is 110 Å². The number of carboxylic acids is 1. The van der Waals surface area contributed by atoms with Gasteiger partial charge in [-0.1, -0.05) is 18.2 Å². The largest absolute Gasteiger partial charge is 0.488 e. The lowest BCUT2D eigenvalue weighted by atomic mass is 10.1. The molecule has 8 nitrogen and oxygen atoms in total. The number of benzene rings is 2. The summed E-state index contributed by atoms with van der Waals surface area (Å²) < 4.78 is 11.2. The van der Waals surface area contributed by atoms with E-state index in [4.69, 9.17) is 14.6 Å². The summed E-state index contributed by atoms with van der Waals surface area (Å²) in [5.41, 5.74) is 1.67. The molecule has 32 heavy (non-hydrogen) atoms. The van der Waals surface area contributed by atoms with E-state index >= 15 is 0 Å². The Morgan fingerprint density at radius 1 is 1.16 bits per heavy atom. The average Bonchev–Trinajstić information content (AvgIpc) is 3.01. The molecule has 166 valence electrons. The van der Waals surface area contributed by atoms with Crippen LogP contribution in [-0.4, -0.2) is 46.2 Å². The molecule has 1 N–H and O–H groups in total. The van der Waals surface area contributed by atoms with Crippen LogP contribution < -0.4 is 4.74 Å². The number of imide groups is 1. The number of nitrogens with zero attached hydrogens (tertiary/aromatic N) is 1. The zero-order valence-corrected chi connectivity index (χ0v) is 19.3. The minimum absolute atomic E-state index is 0.168. The third-order valence-corrected chi connectivity index (χ3v) is 5.84. The number of rotatable bonds is 8. The van der Waals surface area contributed by atoms with Crippen molar-refractivity contribution >= 4 is 56.9 Å². The van der Waals surface area contributed by atoms with Crippen LogP contribution in [0, 0.1) is 0 Å². The Labute approximate surface area is 196 Å². The van der Waals surface area contributed by atoms with Crippen molar-refractivity contribution in [2.24, 2.45) is 0 Å². The third-order valence-electron chi connectivity index (χ3n) is 4.32. The molecule has 0 aliphatic carbocycles. The lowest BCUT2D eigenvalue weighted by Crippen LogP contribution is -2.34. The van der Waals surface area contributed by atoms with Crippen molar-refractivity contribution in [3.63, 3.8) is 0 Å². The number of esters is 1. The molecular weight excluding hydrogens is 502 g/mol. The number of aromatic carboxylic acids is 1. The van der Waals surface area contributed by atoms with Gasteiger partial charge in [-0.05, 0) is 76.1 Å². The second-order valence-electron chi connectivity index (χ2n) is 6.55. The van der Waals surface area contributed by atoms with Crippen LogP contribution in [0.25, 0.3) is 6.08 Å². The first kappa shape index (κ1) is 23.6. The van der Waals surface area contributed by atoms with E-state index in [2.05, 4.69) is 15.9 Å². The molecule has 1 fully saturated rings. The molecule has 0 bridgehead atoms. The molecule has 0 aromatic heterocycles. The van der Waals surface area contributed by atoms with E-state index < -0.39 is 29.6 Å². The number of carbonyl (C=O) groups excluding carboxylic acids is 3. The zero-order valence-electron chi connectivity index (χ0n) is 16.9. The smallest absolute Gasteiger partial charge is 0.335 e. The molecule has 1 saturated heterocycles. The van der Waals surface area contributed by atoms with Crippen LogP contribution in [0.15, 0.2) is 51.8 Å². The maximum atomic E-state index is 12.5. The van der Waals surface area contributed by atoms with Crippen LogP contribution in [0.3, 0.4) is 0 Å². The number of hydrogen-bond donors (Lipinski definition) is 1. The number of thioether (sulfide) groups is 1. The summed E-state index contributed by atoms with van der Waals surface area (Å²) in [6, 6.07) is 11.6. The summed E-state index contributed by atoms with van der Waals surface area (Å²) in [6.07, 6.45) is 1.56. The van der Waals surface area contributed by atoms with Gasteiger partial charge in [0.1, 0.15) is 18.9 Å². The molecule has 0 spiro atoms. The normalized spacial score (nSPS) is 14.7. The van der Waals surface area contributed by atoms with Gasteiger partial charge in [-0.15, -0.1) is 0 Å². The van der Waals surface area contributed by atoms with Crippen LogP contribution in [0.4, 0.5) is 4.79 Å². The predicted octanol–water partition coefficient (Wildman–Crippen LogP) is 4.33. The second kappa shape index (κ2) is 10.5. The van der Waals surface area contributed by atoms with Crippen molar-refractivity contribution in [3.05, 3.63) is 68.5 Å². The Hall–Kier alpha value is -3.11. The molecule has 1 aliphatic heterocycles. The highest BCUT2D eigenvalue weighted by Crippen LogP contribution is 2.34. The van der Waals surface area contributed by atoms with E-state index in [-0.39, 0.29) is 23.7 Å². The van der Waals surface area contributed by atoms with E-state index in [1.54, 1.807) is 43.3 Å². The number of carboxylic acid groups (broad SMARTS) is 1. The van der Waals surface area contributed by atoms with Gasteiger partial charge in [0.05, 0.1) is 21.5 Å². The van der Waals surface area contributed by atoms with Crippen molar-refractivity contribution in [2.75, 3.05) is 13.2 Å². The fraction of sp³-hybridized carbons (Fsp3) is 0.182. The molecule has 2 aromatic carbocycles. The van der Waals surface area contributed by atoms with Gasteiger partial charge in [-0.2, -0.15) is 0 Å². The number of amides is 2. The van der Waals surface area contributed by atoms with E-state index in [1.165, 1.54) is 12.1 Å². The fourth-order valence-corrected chi connectivity index (χ4v) is 4.10. The Kier molecular flexibility index (Phi) is 7.70. The second-order valence-corrected chi connectivity index (χ2v) is 8.40. The van der Waals surface area contributed by atoms with Crippen molar-refractivity contribution in [1.29, 1.82) is 0 Å². The Bertz CT molecular complexity index is 1100. The van der Waals surface area contributed by atoms with Gasteiger partial charge in [0.2, 0.25) is 0 Å². The van der Waals surface area contributed by atoms with Crippen LogP contribution >= 0.6 is 27.7 Å². The summed E-state index contributed by atoms with van der Waals surface area (Å²) >= 11 is 4.19. The van der Waals surface area contributed by atoms with Gasteiger partial charge < -0.3 is 14.6 Å². The van der Waals surface area contributed by atoms with Crippen molar-refractivity contribution in [3.8, 4) is 5.75 Å². The quantitative estimate of drug-likeness (QED) is 0.405. The van der Waals surface area contributed by atoms with Gasteiger partial charge in [-0.3, -0.25) is 19.3 Å². The Balaban J connectivity index is 1.66. The monoisotopic (exact) mass is 519 g/mol. The first-order valence-corrected chi connectivity index (χ1v) is 11.0. The molecule has 0 radical (unpaired) electrons. The van der Waals surface area contributed by atoms with E-state index in [1.807, 2.05) is 0 Å². The summed E-state index contributed by atoms with van der Waals surface area (Å²) in [4.78, 5) is 48.1. The van der Waals surface area contributed by atoms with Crippen LogP contribution in [0.2, 0.25) is 0 Å². The number of carbonyl (C=O) groups is 4. The number of ether oxygens (including phenoxy) is 2. The van der Waals surface area contributed by atoms with E-state index in [0.29, 0.717) is 15.8 Å². The molecule has 1 heterocycles. The molecule has 2 amide bonds. The van der Waals surface area contributed by atoms with E-state index in [9.17, 15) is 19.2 Å². The van der Waals surface area contributed by atoms with Gasteiger partial charge in [0.15, 0.2) is 0 Å². The SMILES string of the molecule is CCOC(=O)CN1C(=O)S/C(=C/c2ccc(OCc3ccc(C(=O)O)cc3)c(Br)c2)C1=O. The third kappa shape index (κ3) is 5.77. The highest BCUT2D eigenvalue weighted by molar-refractivity contribution is 9.10. The van der Waals surface area contributed by atoms with E-state index in [0.717, 1.165) is 22.2 Å². The highest BCUT2D eigenvalue weighted by atomic mass is 79.9. The minimum atomic E-state index is -0.991. The van der Waals surface area contributed by atoms with Crippen molar-refractivity contribution in [1.82, 2.24) is 4.90 Å². The predicted molar refractivity (Wildman–Crippen MR) is 121 cm³/mol. The van der Waals surface area contributed by atoms with Gasteiger partial charge in [-0.25, -0.2) is 4.79 Å². The number of halogens is 1. The van der Waals surface area contributed by atoms with Crippen molar-refractivity contribution < 1.29 is 33.8 Å². The first-order valence-electron chi connectivity index (χ1n) is 9.44. The standard InChI is InChI=1S/C22H18BrNO7S/c1-2-30-19(25)11-24-20(26)18(32-22(24)29)10-14-5-8-17(16(23)9-14)31-12-13-3-6-15(7-4-13)21(27)28/h3-10H,2,11-12H2,1H3,(H,27,28)/b18-10+. The first-order chi connectivity index (χ1) is 15.3. The molecule has 10 heteroatoms. The lowest BCUT2D eigenvalue weighted by molar-refractivity contribution is -0.145. The number of hydrogen-bond acceptors (Lipinski definition) is 7. The lowest BCUT2D eigenvalue weighted by Gasteiger charge is -2.11. The average molecular weight is 520 g/mol. The summed E-state index contributed by atoms with van der Waals surface area (Å²) in [5.74, 6) is -1.62. The van der Waals surface area contributed by atoms with Gasteiger partial charge >= 0.3 is 11.9 Å². The molecule has 2 aromatic rings. The molecule has 0 atom stereocenters. The minimum Gasteiger partial charge on any atom is -0.488 e. The summed E-state index contributed by atoms with van der Waals surface area (Å²) in [7, 11) is 0. The Morgan fingerprint density at radius 3 is 2.50 bits per heavy atom. The summed E-state index contributed by atoms with van der Waals surface area (Å²) in [5, 5.41) is 8.42. The molecule has 0 saturated carbocycles. The molecule has 3 rings (SSSR count). The zero-order chi connectivity index (χ0) is 23.3. The fourth-order valence-electron chi connectivity index (χ4n) is 2.75. The van der Waals surface area contributed by atoms with Gasteiger partial charge in [0.25, 0.3) is 11.1 Å². The maximum absolute atomic E-state index is 12.5. The maximum Gasteiger partial charge on any atom is 0.335 e. The van der Waals surface area contributed by atoms with Gasteiger partial charge in [0, 0.05) is 0 Å². The highest BCUT2D eigenvalue weighted by Gasteiger charge is 2.36. The molecule has 0 unspecified atom stereocenters. The molecular formula is C22H18BrNO7S. The Morgan fingerprint density at radius 2 is 1.88 bits per heavy atom. The summed E-state index contributed by atoms with van der Waals surface area (Å²) in [6.45, 7) is 1.64. The van der Waals surface area contributed by atoms with Crippen molar-refractivity contribution in [2.45, 2.75) is 13.5 Å². The molecule has 1 aliphatic rings. The van der Waals surface area contributed by atoms with Crippen LogP contribution in [0.1, 0.15) is 28.4 Å². The van der Waals surface area contributed by atoms with Crippen LogP contribution in [0.5, 0.6) is 5.75 Å². The van der Waals surface area contributed by atoms with Crippen LogP contribution in [-0.2, 0) is 20.9 Å².